The van der Waals surface area contributed by atoms with Crippen molar-refractivity contribution in [3.8, 4) is 22.8 Å². The molecule has 8 heteroatoms. The fourth-order valence-corrected chi connectivity index (χ4v) is 3.99. The minimum Gasteiger partial charge on any atom is -0.496 e. The van der Waals surface area contributed by atoms with Crippen LogP contribution in [0.4, 0.5) is 0 Å². The summed E-state index contributed by atoms with van der Waals surface area (Å²) in [6.07, 6.45) is 1.70. The molecular formula is C25H33N3O5. The van der Waals surface area contributed by atoms with E-state index in [0.717, 1.165) is 11.1 Å². The van der Waals surface area contributed by atoms with Crippen molar-refractivity contribution in [3.63, 3.8) is 0 Å². The highest BCUT2D eigenvalue weighted by molar-refractivity contribution is 5.98. The Hall–Kier alpha value is -3.13. The van der Waals surface area contributed by atoms with Gasteiger partial charge in [0, 0.05) is 43.3 Å². The molecule has 0 unspecified atom stereocenters. The zero-order valence-corrected chi connectivity index (χ0v) is 19.9. The predicted molar refractivity (Wildman–Crippen MR) is 125 cm³/mol. The number of pyridine rings is 1. The molecule has 0 spiro atoms. The van der Waals surface area contributed by atoms with Crippen LogP contribution in [0.25, 0.3) is 11.1 Å². The van der Waals surface area contributed by atoms with Gasteiger partial charge in [-0.1, -0.05) is 32.0 Å². The number of aliphatic hydroxyl groups is 1. The van der Waals surface area contributed by atoms with E-state index >= 15 is 0 Å². The van der Waals surface area contributed by atoms with Gasteiger partial charge in [0.1, 0.15) is 17.4 Å². The van der Waals surface area contributed by atoms with Crippen LogP contribution in [-0.2, 0) is 4.79 Å². The summed E-state index contributed by atoms with van der Waals surface area (Å²) in [4.78, 5) is 33.5. The van der Waals surface area contributed by atoms with Crippen molar-refractivity contribution in [3.05, 3.63) is 42.1 Å². The maximum atomic E-state index is 13.6. The Morgan fingerprint density at radius 3 is 2.76 bits per heavy atom. The Kier molecular flexibility index (Phi) is 7.92. The second kappa shape index (κ2) is 10.7. The number of fused-ring (bicyclic) bond motifs is 1. The van der Waals surface area contributed by atoms with E-state index in [2.05, 4.69) is 4.98 Å². The van der Waals surface area contributed by atoms with Crippen LogP contribution in [0.15, 0.2) is 36.5 Å². The van der Waals surface area contributed by atoms with Crippen LogP contribution >= 0.6 is 0 Å². The van der Waals surface area contributed by atoms with Crippen LogP contribution in [0.2, 0.25) is 0 Å². The third-order valence-electron chi connectivity index (χ3n) is 6.12. The SMILES string of the molecule is CCC(=O)N(C)C[C@@H]1Oc2ncc(-c3ccccc3OC)cc2C(=O)N([C@@H](C)CO)C[C@@H]1C. The van der Waals surface area contributed by atoms with Crippen LogP contribution in [0, 0.1) is 5.92 Å². The lowest BCUT2D eigenvalue weighted by Gasteiger charge is -2.37. The van der Waals surface area contributed by atoms with E-state index < -0.39 is 0 Å². The van der Waals surface area contributed by atoms with Crippen LogP contribution in [-0.4, -0.2) is 77.7 Å². The Bertz CT molecular complexity index is 996. The Balaban J connectivity index is 2.07. The molecule has 1 aromatic carbocycles. The number of methoxy groups -OCH3 is 1. The molecule has 0 bridgehead atoms. The number of rotatable bonds is 7. The van der Waals surface area contributed by atoms with Gasteiger partial charge in [-0.15, -0.1) is 0 Å². The highest BCUT2D eigenvalue weighted by atomic mass is 16.5. The lowest BCUT2D eigenvalue weighted by Crippen LogP contribution is -2.50. The van der Waals surface area contributed by atoms with Gasteiger partial charge in [0.2, 0.25) is 11.8 Å². The van der Waals surface area contributed by atoms with E-state index in [1.807, 2.05) is 45.0 Å². The minimum atomic E-state index is -0.378. The average molecular weight is 456 g/mol. The number of ether oxygens (including phenoxy) is 2. The van der Waals surface area contributed by atoms with Crippen molar-refractivity contribution in [2.24, 2.45) is 5.92 Å². The van der Waals surface area contributed by atoms with Crippen molar-refractivity contribution in [2.45, 2.75) is 39.3 Å². The van der Waals surface area contributed by atoms with Gasteiger partial charge in [-0.2, -0.15) is 0 Å². The fourth-order valence-electron chi connectivity index (χ4n) is 3.99. The molecule has 0 aliphatic carbocycles. The molecule has 0 saturated carbocycles. The molecule has 1 aromatic heterocycles. The molecular weight excluding hydrogens is 422 g/mol. The number of amides is 2. The van der Waals surface area contributed by atoms with Crippen LogP contribution in [0.5, 0.6) is 11.6 Å². The summed E-state index contributed by atoms with van der Waals surface area (Å²) in [5.41, 5.74) is 1.85. The molecule has 33 heavy (non-hydrogen) atoms. The average Bonchev–Trinajstić information content (AvgIpc) is 2.84. The van der Waals surface area contributed by atoms with Crippen molar-refractivity contribution in [1.82, 2.24) is 14.8 Å². The fraction of sp³-hybridized carbons (Fsp3) is 0.480. The zero-order chi connectivity index (χ0) is 24.1. The van der Waals surface area contributed by atoms with E-state index in [9.17, 15) is 14.7 Å². The molecule has 0 radical (unpaired) electrons. The summed E-state index contributed by atoms with van der Waals surface area (Å²) in [6.45, 7) is 6.21. The van der Waals surface area contributed by atoms with Gasteiger partial charge < -0.3 is 24.4 Å². The number of carbonyl (C=O) groups excluding carboxylic acids is 2. The number of para-hydroxylation sites is 1. The summed E-state index contributed by atoms with van der Waals surface area (Å²) >= 11 is 0. The number of hydrogen-bond acceptors (Lipinski definition) is 6. The van der Waals surface area contributed by atoms with Crippen LogP contribution < -0.4 is 9.47 Å². The first-order valence-electron chi connectivity index (χ1n) is 11.3. The summed E-state index contributed by atoms with van der Waals surface area (Å²) < 4.78 is 11.7. The molecule has 2 heterocycles. The maximum absolute atomic E-state index is 13.6. The molecule has 1 aliphatic rings. The van der Waals surface area contributed by atoms with Crippen LogP contribution in [0.1, 0.15) is 37.6 Å². The molecule has 0 fully saturated rings. The quantitative estimate of drug-likeness (QED) is 0.690. The van der Waals surface area contributed by atoms with Crippen molar-refractivity contribution < 1.29 is 24.2 Å². The minimum absolute atomic E-state index is 0.0178. The Labute approximate surface area is 195 Å². The molecule has 3 atom stereocenters. The molecule has 2 aromatic rings. The van der Waals surface area contributed by atoms with Gasteiger partial charge >= 0.3 is 0 Å². The third kappa shape index (κ3) is 5.27. The van der Waals surface area contributed by atoms with Gasteiger partial charge in [-0.3, -0.25) is 9.59 Å². The molecule has 178 valence electrons. The van der Waals surface area contributed by atoms with Crippen molar-refractivity contribution >= 4 is 11.8 Å². The second-order valence-electron chi connectivity index (χ2n) is 8.53. The molecule has 3 rings (SSSR count). The molecule has 1 N–H and O–H groups in total. The number of aliphatic hydroxyl groups excluding tert-OH is 1. The first-order chi connectivity index (χ1) is 15.8. The lowest BCUT2D eigenvalue weighted by atomic mass is 9.99. The summed E-state index contributed by atoms with van der Waals surface area (Å²) in [7, 11) is 3.35. The first kappa shape index (κ1) is 24.5. The van der Waals surface area contributed by atoms with E-state index in [4.69, 9.17) is 9.47 Å². The van der Waals surface area contributed by atoms with E-state index in [1.165, 1.54) is 0 Å². The van der Waals surface area contributed by atoms with Gasteiger partial charge in [0.25, 0.3) is 5.91 Å². The molecule has 8 nitrogen and oxygen atoms in total. The largest absolute Gasteiger partial charge is 0.496 e. The lowest BCUT2D eigenvalue weighted by molar-refractivity contribution is -0.131. The predicted octanol–water partition coefficient (Wildman–Crippen LogP) is 2.85. The normalized spacial score (nSPS) is 19.1. The highest BCUT2D eigenvalue weighted by Gasteiger charge is 2.34. The van der Waals surface area contributed by atoms with E-state index in [0.29, 0.717) is 30.8 Å². The molecule has 0 saturated heterocycles. The first-order valence-corrected chi connectivity index (χ1v) is 11.3. The van der Waals surface area contributed by atoms with E-state index in [-0.39, 0.29) is 42.4 Å². The standard InChI is InChI=1S/C25H33N3O5/c1-6-23(30)27(4)14-22-16(2)13-28(17(3)15-29)25(31)20-11-18(12-26-24(20)33-22)19-9-7-8-10-21(19)32-5/h7-12,16-17,22,29H,6,13-15H2,1-5H3/t16-,17-,22-/m0/s1. The van der Waals surface area contributed by atoms with E-state index in [1.54, 1.807) is 36.2 Å². The number of aromatic nitrogens is 1. The number of likely N-dealkylation sites (N-methyl/N-ethyl adjacent to an activating group) is 1. The van der Waals surface area contributed by atoms with Crippen LogP contribution in [0.3, 0.4) is 0 Å². The maximum Gasteiger partial charge on any atom is 0.259 e. The Morgan fingerprint density at radius 2 is 2.09 bits per heavy atom. The van der Waals surface area contributed by atoms with Gasteiger partial charge in [0.05, 0.1) is 26.3 Å². The summed E-state index contributed by atoms with van der Waals surface area (Å²) in [6, 6.07) is 8.90. The zero-order valence-electron chi connectivity index (χ0n) is 19.9. The summed E-state index contributed by atoms with van der Waals surface area (Å²) in [5, 5.41) is 9.81. The van der Waals surface area contributed by atoms with Crippen molar-refractivity contribution in [2.75, 3.05) is 33.9 Å². The third-order valence-corrected chi connectivity index (χ3v) is 6.12. The molecule has 2 amide bonds. The van der Waals surface area contributed by atoms with Gasteiger partial charge in [-0.05, 0) is 19.1 Å². The number of nitrogens with zero attached hydrogens (tertiary/aromatic N) is 3. The second-order valence-corrected chi connectivity index (χ2v) is 8.53. The smallest absolute Gasteiger partial charge is 0.259 e. The topological polar surface area (TPSA) is 92.2 Å². The number of benzene rings is 1. The number of carbonyl (C=O) groups is 2. The Morgan fingerprint density at radius 1 is 1.36 bits per heavy atom. The van der Waals surface area contributed by atoms with Gasteiger partial charge in [-0.25, -0.2) is 4.98 Å². The molecule has 1 aliphatic heterocycles. The monoisotopic (exact) mass is 455 g/mol. The highest BCUT2D eigenvalue weighted by Crippen LogP contribution is 2.34. The number of hydrogen-bond donors (Lipinski definition) is 1. The van der Waals surface area contributed by atoms with Gasteiger partial charge in [0.15, 0.2) is 0 Å². The summed E-state index contributed by atoms with van der Waals surface area (Å²) in [5.74, 6) is 0.579. The van der Waals surface area contributed by atoms with Crippen molar-refractivity contribution in [1.29, 1.82) is 0 Å².